The standard InChI is InChI=1S/C13H20N2O2/c1-4-15(3)13(16)9-17-12-7-5-11(6-8-12)10(2)14/h5-8,10H,4,9,14H2,1-3H3/t10-/m1/s1. The summed E-state index contributed by atoms with van der Waals surface area (Å²) >= 11 is 0. The second kappa shape index (κ2) is 6.25. The monoisotopic (exact) mass is 236 g/mol. The largest absolute Gasteiger partial charge is 0.484 e. The van der Waals surface area contributed by atoms with Crippen molar-refractivity contribution in [2.24, 2.45) is 5.73 Å². The van der Waals surface area contributed by atoms with Crippen LogP contribution in [0.5, 0.6) is 5.75 Å². The third-order valence-corrected chi connectivity index (χ3v) is 2.67. The molecule has 0 fully saturated rings. The number of likely N-dealkylation sites (N-methyl/N-ethyl adjacent to an activating group) is 1. The van der Waals surface area contributed by atoms with Crippen LogP contribution in [-0.2, 0) is 4.79 Å². The van der Waals surface area contributed by atoms with Crippen molar-refractivity contribution in [3.8, 4) is 5.75 Å². The van der Waals surface area contributed by atoms with E-state index in [4.69, 9.17) is 10.5 Å². The van der Waals surface area contributed by atoms with Gasteiger partial charge in [-0.25, -0.2) is 0 Å². The maximum Gasteiger partial charge on any atom is 0.260 e. The number of nitrogens with zero attached hydrogens (tertiary/aromatic N) is 1. The average Bonchev–Trinajstić information content (AvgIpc) is 2.35. The smallest absolute Gasteiger partial charge is 0.260 e. The topological polar surface area (TPSA) is 55.6 Å². The van der Waals surface area contributed by atoms with Gasteiger partial charge in [-0.2, -0.15) is 0 Å². The molecule has 0 aliphatic rings. The Morgan fingerprint density at radius 1 is 1.41 bits per heavy atom. The van der Waals surface area contributed by atoms with Crippen LogP contribution in [0.2, 0.25) is 0 Å². The molecule has 0 spiro atoms. The Balaban J connectivity index is 2.50. The molecule has 4 nitrogen and oxygen atoms in total. The number of benzene rings is 1. The number of hydrogen-bond donors (Lipinski definition) is 1. The molecule has 0 aliphatic carbocycles. The number of rotatable bonds is 5. The molecule has 0 heterocycles. The zero-order valence-corrected chi connectivity index (χ0v) is 10.6. The Morgan fingerprint density at radius 3 is 2.47 bits per heavy atom. The summed E-state index contributed by atoms with van der Waals surface area (Å²) in [7, 11) is 1.75. The van der Waals surface area contributed by atoms with Crippen molar-refractivity contribution in [1.82, 2.24) is 4.90 Å². The lowest BCUT2D eigenvalue weighted by molar-refractivity contribution is -0.131. The van der Waals surface area contributed by atoms with Gasteiger partial charge in [0.25, 0.3) is 5.91 Å². The molecule has 1 atom stereocenters. The minimum Gasteiger partial charge on any atom is -0.484 e. The van der Waals surface area contributed by atoms with E-state index in [0.29, 0.717) is 12.3 Å². The maximum absolute atomic E-state index is 11.5. The summed E-state index contributed by atoms with van der Waals surface area (Å²) in [4.78, 5) is 13.1. The summed E-state index contributed by atoms with van der Waals surface area (Å²) in [6.07, 6.45) is 0. The predicted molar refractivity (Wildman–Crippen MR) is 67.9 cm³/mol. The first-order valence-corrected chi connectivity index (χ1v) is 5.77. The minimum atomic E-state index is -0.0243. The average molecular weight is 236 g/mol. The lowest BCUT2D eigenvalue weighted by Crippen LogP contribution is -2.31. The van der Waals surface area contributed by atoms with Gasteiger partial charge >= 0.3 is 0 Å². The van der Waals surface area contributed by atoms with Gasteiger partial charge < -0.3 is 15.4 Å². The van der Waals surface area contributed by atoms with Crippen molar-refractivity contribution < 1.29 is 9.53 Å². The van der Waals surface area contributed by atoms with Crippen molar-refractivity contribution in [3.05, 3.63) is 29.8 Å². The Bertz CT molecular complexity index is 360. The van der Waals surface area contributed by atoms with E-state index >= 15 is 0 Å². The molecular formula is C13H20N2O2. The van der Waals surface area contributed by atoms with Gasteiger partial charge in [-0.15, -0.1) is 0 Å². The molecule has 0 bridgehead atoms. The molecule has 17 heavy (non-hydrogen) atoms. The number of hydrogen-bond acceptors (Lipinski definition) is 3. The number of ether oxygens (including phenoxy) is 1. The highest BCUT2D eigenvalue weighted by atomic mass is 16.5. The van der Waals surface area contributed by atoms with Crippen LogP contribution in [0.1, 0.15) is 25.5 Å². The van der Waals surface area contributed by atoms with Crippen LogP contribution >= 0.6 is 0 Å². The second-order valence-electron chi connectivity index (χ2n) is 4.05. The highest BCUT2D eigenvalue weighted by Gasteiger charge is 2.07. The summed E-state index contributed by atoms with van der Waals surface area (Å²) in [5.41, 5.74) is 6.79. The molecule has 1 rings (SSSR count). The third-order valence-electron chi connectivity index (χ3n) is 2.67. The fraction of sp³-hybridized carbons (Fsp3) is 0.462. The zero-order valence-electron chi connectivity index (χ0n) is 10.6. The van der Waals surface area contributed by atoms with E-state index in [-0.39, 0.29) is 18.6 Å². The zero-order chi connectivity index (χ0) is 12.8. The molecule has 1 aromatic carbocycles. The van der Waals surface area contributed by atoms with E-state index < -0.39 is 0 Å². The van der Waals surface area contributed by atoms with Crippen LogP contribution < -0.4 is 10.5 Å². The van der Waals surface area contributed by atoms with Crippen LogP contribution in [0.4, 0.5) is 0 Å². The lowest BCUT2D eigenvalue weighted by atomic mass is 10.1. The van der Waals surface area contributed by atoms with Crippen LogP contribution in [0.3, 0.4) is 0 Å². The number of carbonyl (C=O) groups is 1. The van der Waals surface area contributed by atoms with Gasteiger partial charge in [0, 0.05) is 19.6 Å². The summed E-state index contributed by atoms with van der Waals surface area (Å²) in [5, 5.41) is 0. The maximum atomic E-state index is 11.5. The molecule has 1 aromatic rings. The molecule has 0 radical (unpaired) electrons. The van der Waals surface area contributed by atoms with E-state index in [1.165, 1.54) is 0 Å². The Hall–Kier alpha value is -1.55. The Labute approximate surface area is 102 Å². The first-order valence-electron chi connectivity index (χ1n) is 5.77. The van der Waals surface area contributed by atoms with Crippen LogP contribution in [-0.4, -0.2) is 31.0 Å². The molecule has 0 unspecified atom stereocenters. The third kappa shape index (κ3) is 4.07. The Morgan fingerprint density at radius 2 is 2.00 bits per heavy atom. The minimum absolute atomic E-state index is 0.0110. The van der Waals surface area contributed by atoms with Crippen molar-refractivity contribution >= 4 is 5.91 Å². The van der Waals surface area contributed by atoms with E-state index in [1.807, 2.05) is 38.1 Å². The van der Waals surface area contributed by atoms with Crippen LogP contribution in [0, 0.1) is 0 Å². The number of nitrogens with two attached hydrogens (primary N) is 1. The van der Waals surface area contributed by atoms with Crippen LogP contribution in [0.25, 0.3) is 0 Å². The molecule has 4 heteroatoms. The molecule has 0 aliphatic heterocycles. The van der Waals surface area contributed by atoms with E-state index in [9.17, 15) is 4.79 Å². The molecular weight excluding hydrogens is 216 g/mol. The van der Waals surface area contributed by atoms with Gasteiger partial charge in [0.05, 0.1) is 0 Å². The molecule has 0 aromatic heterocycles. The fourth-order valence-electron chi connectivity index (χ4n) is 1.30. The summed E-state index contributed by atoms with van der Waals surface area (Å²) in [6, 6.07) is 7.50. The predicted octanol–water partition coefficient (Wildman–Crippen LogP) is 1.56. The van der Waals surface area contributed by atoms with Gasteiger partial charge in [0.15, 0.2) is 6.61 Å². The van der Waals surface area contributed by atoms with Gasteiger partial charge in [-0.1, -0.05) is 12.1 Å². The molecule has 2 N–H and O–H groups in total. The summed E-state index contributed by atoms with van der Waals surface area (Å²) in [5.74, 6) is 0.663. The van der Waals surface area contributed by atoms with Crippen molar-refractivity contribution in [2.45, 2.75) is 19.9 Å². The van der Waals surface area contributed by atoms with E-state index in [1.54, 1.807) is 11.9 Å². The summed E-state index contributed by atoms with van der Waals surface area (Å²) in [6.45, 7) is 4.61. The van der Waals surface area contributed by atoms with E-state index in [0.717, 1.165) is 5.56 Å². The lowest BCUT2D eigenvalue weighted by Gasteiger charge is -2.15. The number of amides is 1. The van der Waals surface area contributed by atoms with Gasteiger partial charge in [-0.3, -0.25) is 4.79 Å². The number of carbonyl (C=O) groups excluding carboxylic acids is 1. The molecule has 0 saturated carbocycles. The van der Waals surface area contributed by atoms with Crippen LogP contribution in [0.15, 0.2) is 24.3 Å². The van der Waals surface area contributed by atoms with Crippen molar-refractivity contribution in [1.29, 1.82) is 0 Å². The van der Waals surface area contributed by atoms with E-state index in [2.05, 4.69) is 0 Å². The quantitative estimate of drug-likeness (QED) is 0.844. The first-order chi connectivity index (χ1) is 8.04. The molecule has 1 amide bonds. The van der Waals surface area contributed by atoms with Gasteiger partial charge in [-0.05, 0) is 31.5 Å². The normalized spacial score (nSPS) is 12.0. The highest BCUT2D eigenvalue weighted by molar-refractivity contribution is 5.77. The fourth-order valence-corrected chi connectivity index (χ4v) is 1.30. The Kier molecular flexibility index (Phi) is 4.97. The van der Waals surface area contributed by atoms with Crippen molar-refractivity contribution in [3.63, 3.8) is 0 Å². The summed E-state index contributed by atoms with van der Waals surface area (Å²) < 4.78 is 5.39. The molecule has 0 saturated heterocycles. The second-order valence-corrected chi connectivity index (χ2v) is 4.05. The van der Waals surface area contributed by atoms with Gasteiger partial charge in [0.1, 0.15) is 5.75 Å². The van der Waals surface area contributed by atoms with Crippen molar-refractivity contribution in [2.75, 3.05) is 20.2 Å². The SMILES string of the molecule is CCN(C)C(=O)COc1ccc([C@@H](C)N)cc1. The first kappa shape index (κ1) is 13.5. The van der Waals surface area contributed by atoms with Gasteiger partial charge in [0.2, 0.25) is 0 Å². The highest BCUT2D eigenvalue weighted by Crippen LogP contribution is 2.15. The molecule has 94 valence electrons.